The number of hydrogen-bond acceptors (Lipinski definition) is 4. The van der Waals surface area contributed by atoms with E-state index >= 15 is 0 Å². The highest BCUT2D eigenvalue weighted by atomic mass is 19.3. The van der Waals surface area contributed by atoms with E-state index in [1.165, 1.54) is 24.1 Å². The van der Waals surface area contributed by atoms with Crippen LogP contribution in [0.5, 0.6) is 11.6 Å². The molecule has 134 valence electrons. The van der Waals surface area contributed by atoms with Crippen molar-refractivity contribution in [3.63, 3.8) is 0 Å². The van der Waals surface area contributed by atoms with E-state index in [1.54, 1.807) is 31.4 Å². The van der Waals surface area contributed by atoms with Gasteiger partial charge in [0.05, 0.1) is 7.11 Å². The second kappa shape index (κ2) is 8.81. The number of pyridine rings is 1. The highest BCUT2D eigenvalue weighted by molar-refractivity contribution is 5.73. The quantitative estimate of drug-likeness (QED) is 0.833. The van der Waals surface area contributed by atoms with Crippen molar-refractivity contribution in [2.45, 2.75) is 19.7 Å². The van der Waals surface area contributed by atoms with Gasteiger partial charge in [0, 0.05) is 32.4 Å². The fourth-order valence-electron chi connectivity index (χ4n) is 2.07. The van der Waals surface area contributed by atoms with E-state index in [1.807, 2.05) is 6.07 Å². The van der Waals surface area contributed by atoms with Crippen LogP contribution in [0.4, 0.5) is 13.6 Å². The van der Waals surface area contributed by atoms with Crippen LogP contribution >= 0.6 is 0 Å². The second-order valence-electron chi connectivity index (χ2n) is 5.25. The summed E-state index contributed by atoms with van der Waals surface area (Å²) in [5.74, 6) is 0.587. The van der Waals surface area contributed by atoms with E-state index < -0.39 is 6.61 Å². The molecule has 1 heterocycles. The van der Waals surface area contributed by atoms with Crippen LogP contribution in [-0.4, -0.2) is 36.7 Å². The first-order valence-corrected chi connectivity index (χ1v) is 7.49. The van der Waals surface area contributed by atoms with Crippen LogP contribution < -0.4 is 14.8 Å². The van der Waals surface area contributed by atoms with Crippen LogP contribution in [0, 0.1) is 0 Å². The third kappa shape index (κ3) is 5.91. The Morgan fingerprint density at radius 1 is 1.20 bits per heavy atom. The Morgan fingerprint density at radius 2 is 1.88 bits per heavy atom. The molecule has 1 aromatic heterocycles. The molecule has 2 aromatic rings. The third-order valence-electron chi connectivity index (χ3n) is 3.37. The first kappa shape index (κ1) is 18.4. The molecule has 0 spiro atoms. The van der Waals surface area contributed by atoms with Crippen LogP contribution in [0.1, 0.15) is 11.1 Å². The number of urea groups is 1. The standard InChI is InChI=1S/C17H19F2N3O3/c1-22(11-12-3-6-14(7-4-12)25-16(18)19)17(23)21-10-13-5-8-15(24-2)20-9-13/h3-9,16H,10-11H2,1-2H3,(H,21,23). The Hall–Kier alpha value is -2.90. The number of rotatable bonds is 7. The van der Waals surface area contributed by atoms with Gasteiger partial charge in [0.2, 0.25) is 5.88 Å². The lowest BCUT2D eigenvalue weighted by Crippen LogP contribution is -2.36. The molecule has 2 rings (SSSR count). The normalized spacial score (nSPS) is 10.4. The van der Waals surface area contributed by atoms with Crippen molar-refractivity contribution in [2.24, 2.45) is 0 Å². The molecule has 0 unspecified atom stereocenters. The van der Waals surface area contributed by atoms with Gasteiger partial charge < -0.3 is 19.7 Å². The average molecular weight is 351 g/mol. The number of halogens is 2. The summed E-state index contributed by atoms with van der Waals surface area (Å²) in [5, 5.41) is 2.78. The molecule has 0 aliphatic carbocycles. The Labute approximate surface area is 144 Å². The van der Waals surface area contributed by atoms with Gasteiger partial charge in [0.15, 0.2) is 0 Å². The van der Waals surface area contributed by atoms with Gasteiger partial charge >= 0.3 is 12.6 Å². The van der Waals surface area contributed by atoms with Gasteiger partial charge in [-0.1, -0.05) is 18.2 Å². The van der Waals surface area contributed by atoms with E-state index in [4.69, 9.17) is 4.74 Å². The summed E-state index contributed by atoms with van der Waals surface area (Å²) in [6, 6.07) is 9.42. The number of methoxy groups -OCH3 is 1. The lowest BCUT2D eigenvalue weighted by atomic mass is 10.2. The fraction of sp³-hybridized carbons (Fsp3) is 0.294. The zero-order valence-electron chi connectivity index (χ0n) is 13.9. The molecule has 0 radical (unpaired) electrons. The van der Waals surface area contributed by atoms with Gasteiger partial charge in [0.1, 0.15) is 5.75 Å². The molecule has 8 heteroatoms. The van der Waals surface area contributed by atoms with Crippen LogP contribution in [-0.2, 0) is 13.1 Å². The van der Waals surface area contributed by atoms with Crippen molar-refractivity contribution in [3.05, 3.63) is 53.7 Å². The summed E-state index contributed by atoms with van der Waals surface area (Å²) in [5.41, 5.74) is 1.64. The molecule has 0 aliphatic rings. The molecule has 0 atom stereocenters. The number of hydrogen-bond donors (Lipinski definition) is 1. The lowest BCUT2D eigenvalue weighted by Gasteiger charge is -2.18. The van der Waals surface area contributed by atoms with Crippen LogP contribution in [0.2, 0.25) is 0 Å². The molecule has 0 aliphatic heterocycles. The predicted molar refractivity (Wildman–Crippen MR) is 87.6 cm³/mol. The molecular weight excluding hydrogens is 332 g/mol. The van der Waals surface area contributed by atoms with Crippen LogP contribution in [0.25, 0.3) is 0 Å². The molecule has 1 N–H and O–H groups in total. The average Bonchev–Trinajstić information content (AvgIpc) is 2.61. The smallest absolute Gasteiger partial charge is 0.387 e. The third-order valence-corrected chi connectivity index (χ3v) is 3.37. The van der Waals surface area contributed by atoms with Gasteiger partial charge in [0.25, 0.3) is 0 Å². The van der Waals surface area contributed by atoms with Gasteiger partial charge in [-0.15, -0.1) is 0 Å². The van der Waals surface area contributed by atoms with Crippen LogP contribution in [0.15, 0.2) is 42.6 Å². The number of carbonyl (C=O) groups is 1. The maximum absolute atomic E-state index is 12.1. The number of nitrogens with zero attached hydrogens (tertiary/aromatic N) is 2. The Bertz CT molecular complexity index is 679. The molecule has 0 fully saturated rings. The van der Waals surface area contributed by atoms with Gasteiger partial charge in [-0.2, -0.15) is 8.78 Å². The van der Waals surface area contributed by atoms with Crippen molar-refractivity contribution in [1.82, 2.24) is 15.2 Å². The lowest BCUT2D eigenvalue weighted by molar-refractivity contribution is -0.0498. The van der Waals surface area contributed by atoms with Gasteiger partial charge in [-0.3, -0.25) is 0 Å². The van der Waals surface area contributed by atoms with Gasteiger partial charge in [-0.05, 0) is 23.3 Å². The minimum absolute atomic E-state index is 0.0814. The maximum atomic E-state index is 12.1. The molecule has 1 aromatic carbocycles. The predicted octanol–water partition coefficient (Wildman–Crippen LogP) is 3.03. The largest absolute Gasteiger partial charge is 0.481 e. The summed E-state index contributed by atoms with van der Waals surface area (Å²) in [6.45, 7) is -2.19. The zero-order valence-corrected chi connectivity index (χ0v) is 13.9. The Kier molecular flexibility index (Phi) is 6.50. The summed E-state index contributed by atoms with van der Waals surface area (Å²) in [6.07, 6.45) is 1.63. The summed E-state index contributed by atoms with van der Waals surface area (Å²) in [7, 11) is 3.18. The van der Waals surface area contributed by atoms with E-state index in [0.29, 0.717) is 19.0 Å². The fourth-order valence-corrected chi connectivity index (χ4v) is 2.07. The minimum Gasteiger partial charge on any atom is -0.481 e. The minimum atomic E-state index is -2.85. The number of alkyl halides is 2. The number of amides is 2. The first-order chi connectivity index (χ1) is 12.0. The van der Waals surface area contributed by atoms with Crippen molar-refractivity contribution < 1.29 is 23.0 Å². The molecule has 6 nitrogen and oxygen atoms in total. The summed E-state index contributed by atoms with van der Waals surface area (Å²) in [4.78, 5) is 17.7. The van der Waals surface area contributed by atoms with Crippen LogP contribution in [0.3, 0.4) is 0 Å². The highest BCUT2D eigenvalue weighted by Crippen LogP contribution is 2.15. The van der Waals surface area contributed by atoms with Crippen molar-refractivity contribution in [2.75, 3.05) is 14.2 Å². The zero-order chi connectivity index (χ0) is 18.2. The van der Waals surface area contributed by atoms with Crippen molar-refractivity contribution in [1.29, 1.82) is 0 Å². The SMILES string of the molecule is COc1ccc(CNC(=O)N(C)Cc2ccc(OC(F)F)cc2)cn1. The number of nitrogens with one attached hydrogen (secondary N) is 1. The number of benzene rings is 1. The van der Waals surface area contributed by atoms with E-state index in [-0.39, 0.29) is 11.8 Å². The van der Waals surface area contributed by atoms with E-state index in [9.17, 15) is 13.6 Å². The summed E-state index contributed by atoms with van der Waals surface area (Å²) >= 11 is 0. The molecule has 25 heavy (non-hydrogen) atoms. The number of ether oxygens (including phenoxy) is 2. The number of aromatic nitrogens is 1. The molecule has 0 bridgehead atoms. The van der Waals surface area contributed by atoms with E-state index in [0.717, 1.165) is 11.1 Å². The first-order valence-electron chi connectivity index (χ1n) is 7.49. The topological polar surface area (TPSA) is 63.7 Å². The summed E-state index contributed by atoms with van der Waals surface area (Å²) < 4.78 is 33.5. The second-order valence-corrected chi connectivity index (χ2v) is 5.25. The van der Waals surface area contributed by atoms with Crippen molar-refractivity contribution in [3.8, 4) is 11.6 Å². The molecular formula is C17H19F2N3O3. The molecule has 0 saturated heterocycles. The van der Waals surface area contributed by atoms with Crippen molar-refractivity contribution >= 4 is 6.03 Å². The van der Waals surface area contributed by atoms with E-state index in [2.05, 4.69) is 15.0 Å². The monoisotopic (exact) mass is 351 g/mol. The Morgan fingerprint density at radius 3 is 2.44 bits per heavy atom. The highest BCUT2D eigenvalue weighted by Gasteiger charge is 2.10. The molecule has 2 amide bonds. The van der Waals surface area contributed by atoms with Gasteiger partial charge in [-0.25, -0.2) is 9.78 Å². The Balaban J connectivity index is 1.82. The maximum Gasteiger partial charge on any atom is 0.387 e. The number of carbonyl (C=O) groups excluding carboxylic acids is 1. The molecule has 0 saturated carbocycles.